The molecule has 5 rings (SSSR count). The van der Waals surface area contributed by atoms with E-state index in [4.69, 9.17) is 4.74 Å². The van der Waals surface area contributed by atoms with Crippen LogP contribution in [0, 0.1) is 23.0 Å². The van der Waals surface area contributed by atoms with Crippen LogP contribution in [0.25, 0.3) is 0 Å². The van der Waals surface area contributed by atoms with Crippen molar-refractivity contribution in [3.05, 3.63) is 82.1 Å². The fraction of sp³-hybridized carbons (Fsp3) is 0.419. The van der Waals surface area contributed by atoms with Crippen molar-refractivity contribution in [1.29, 1.82) is 5.26 Å². The number of urea groups is 2. The first-order valence-electron chi connectivity index (χ1n) is 14.1. The van der Waals surface area contributed by atoms with Gasteiger partial charge in [0, 0.05) is 30.9 Å². The van der Waals surface area contributed by atoms with Gasteiger partial charge in [0.2, 0.25) is 0 Å². The number of rotatable bonds is 5. The second kappa shape index (κ2) is 12.3. The van der Waals surface area contributed by atoms with Crippen molar-refractivity contribution >= 4 is 18.0 Å². The van der Waals surface area contributed by atoms with Crippen LogP contribution in [-0.4, -0.2) is 60.1 Å². The first-order chi connectivity index (χ1) is 20.2. The first-order valence-corrected chi connectivity index (χ1v) is 14.1. The molecule has 9 nitrogen and oxygen atoms in total. The Balaban J connectivity index is 1.27. The van der Waals surface area contributed by atoms with Crippen LogP contribution in [0.2, 0.25) is 0 Å². The van der Waals surface area contributed by atoms with E-state index in [1.165, 1.54) is 13.0 Å². The Hall–Kier alpha value is -4.30. The van der Waals surface area contributed by atoms with E-state index in [2.05, 4.69) is 21.6 Å². The summed E-state index contributed by atoms with van der Waals surface area (Å²) < 4.78 is 32.9. The lowest BCUT2D eigenvalue weighted by Gasteiger charge is -2.37. The lowest BCUT2D eigenvalue weighted by molar-refractivity contribution is -0.136. The lowest BCUT2D eigenvalue weighted by Crippen LogP contribution is -2.56. The monoisotopic (exact) mass is 577 g/mol. The number of nitrogens with zero attached hydrogens (tertiary/aromatic N) is 3. The highest BCUT2D eigenvalue weighted by Crippen LogP contribution is 2.38. The minimum Gasteiger partial charge on any atom is -0.466 e. The van der Waals surface area contributed by atoms with Gasteiger partial charge in [0.25, 0.3) is 0 Å². The first kappa shape index (κ1) is 29.2. The third-order valence-electron chi connectivity index (χ3n) is 8.61. The zero-order valence-corrected chi connectivity index (χ0v) is 23.5. The fourth-order valence-corrected chi connectivity index (χ4v) is 6.51. The molecule has 3 aliphatic rings. The number of benzene rings is 2. The minimum absolute atomic E-state index is 0.0546. The summed E-state index contributed by atoms with van der Waals surface area (Å²) in [6.07, 6.45) is 4.58. The van der Waals surface area contributed by atoms with Gasteiger partial charge in [-0.2, -0.15) is 5.26 Å². The minimum atomic E-state index is -1.31. The van der Waals surface area contributed by atoms with Crippen LogP contribution in [0.3, 0.4) is 0 Å². The number of nitriles is 1. The van der Waals surface area contributed by atoms with Gasteiger partial charge >= 0.3 is 18.0 Å². The summed E-state index contributed by atoms with van der Waals surface area (Å²) in [7, 11) is 1.16. The predicted molar refractivity (Wildman–Crippen MR) is 149 cm³/mol. The number of allylic oxidation sites excluding steroid dienone is 1. The van der Waals surface area contributed by atoms with E-state index in [0.29, 0.717) is 24.9 Å². The molecule has 0 aromatic heterocycles. The molecule has 0 radical (unpaired) electrons. The molecule has 2 fully saturated rings. The van der Waals surface area contributed by atoms with Gasteiger partial charge in [-0.25, -0.2) is 28.1 Å². The number of halogens is 2. The number of esters is 1. The largest absolute Gasteiger partial charge is 0.466 e. The van der Waals surface area contributed by atoms with Gasteiger partial charge in [-0.15, -0.1) is 0 Å². The summed E-state index contributed by atoms with van der Waals surface area (Å²) in [5.74, 6) is -2.72. The van der Waals surface area contributed by atoms with Crippen LogP contribution in [0.4, 0.5) is 18.4 Å². The van der Waals surface area contributed by atoms with Crippen molar-refractivity contribution in [3.8, 4) is 6.07 Å². The molecule has 2 N–H and O–H groups in total. The molecule has 11 heteroatoms. The zero-order chi connectivity index (χ0) is 30.0. The molecule has 2 atom stereocenters. The van der Waals surface area contributed by atoms with Gasteiger partial charge in [0.15, 0.2) is 11.6 Å². The third kappa shape index (κ3) is 5.72. The number of likely N-dealkylation sites (tertiary alicyclic amines) is 1. The van der Waals surface area contributed by atoms with Gasteiger partial charge in [0.05, 0.1) is 24.3 Å². The van der Waals surface area contributed by atoms with Crippen molar-refractivity contribution in [2.75, 3.05) is 20.2 Å². The molecule has 220 valence electrons. The molecule has 0 bridgehead atoms. The molecule has 0 unspecified atom stereocenters. The average molecular weight is 578 g/mol. The lowest BCUT2D eigenvalue weighted by atomic mass is 9.80. The molecule has 42 heavy (non-hydrogen) atoms. The summed E-state index contributed by atoms with van der Waals surface area (Å²) in [4.78, 5) is 42.6. The molecule has 1 saturated heterocycles. The van der Waals surface area contributed by atoms with Gasteiger partial charge < -0.3 is 15.4 Å². The summed E-state index contributed by atoms with van der Waals surface area (Å²) in [5.41, 5.74) is 2.00. The van der Waals surface area contributed by atoms with Crippen LogP contribution in [0.1, 0.15) is 67.7 Å². The summed E-state index contributed by atoms with van der Waals surface area (Å²) in [6, 6.07) is 10.3. The maximum atomic E-state index is 14.2. The Kier molecular flexibility index (Phi) is 8.54. The van der Waals surface area contributed by atoms with Crippen molar-refractivity contribution in [2.45, 2.75) is 63.1 Å². The van der Waals surface area contributed by atoms with Crippen LogP contribution >= 0.6 is 0 Å². The number of imide groups is 1. The van der Waals surface area contributed by atoms with Gasteiger partial charge in [0.1, 0.15) is 6.04 Å². The molecule has 1 saturated carbocycles. The highest BCUT2D eigenvalue weighted by atomic mass is 19.2. The fourth-order valence-electron chi connectivity index (χ4n) is 6.51. The van der Waals surface area contributed by atoms with Crippen molar-refractivity contribution in [2.24, 2.45) is 0 Å². The molecule has 2 heterocycles. The van der Waals surface area contributed by atoms with Crippen LogP contribution < -0.4 is 10.6 Å². The molecule has 2 aromatic rings. The number of hydrogen-bond acceptors (Lipinski definition) is 6. The molecule has 4 amide bonds. The molecule has 2 aliphatic heterocycles. The highest BCUT2D eigenvalue weighted by molar-refractivity contribution is 6.01. The number of ether oxygens (including phenoxy) is 1. The van der Waals surface area contributed by atoms with E-state index in [0.717, 1.165) is 67.5 Å². The van der Waals surface area contributed by atoms with Crippen molar-refractivity contribution in [3.63, 3.8) is 0 Å². The Labute approximate surface area is 243 Å². The quantitative estimate of drug-likeness (QED) is 0.491. The SMILES string of the molecule is COC(=O)C1=C(C)NC(=O)N(C(=O)N[C@@H]2CCN(C3CCC(c4ccccc4C#N)CC3)C2)[C@H]1c1ccc(F)c(F)c1. The van der Waals surface area contributed by atoms with Crippen LogP contribution in [0.15, 0.2) is 53.7 Å². The second-order valence-corrected chi connectivity index (χ2v) is 11.0. The zero-order valence-electron chi connectivity index (χ0n) is 23.5. The number of methoxy groups -OCH3 is 1. The number of nitrogens with one attached hydrogen (secondary N) is 2. The summed E-state index contributed by atoms with van der Waals surface area (Å²) in [6.45, 7) is 2.86. The highest BCUT2D eigenvalue weighted by Gasteiger charge is 2.43. The molecule has 1 aliphatic carbocycles. The van der Waals surface area contributed by atoms with Crippen molar-refractivity contribution in [1.82, 2.24) is 20.4 Å². The van der Waals surface area contributed by atoms with Crippen molar-refractivity contribution < 1.29 is 27.9 Å². The number of carbonyl (C=O) groups excluding carboxylic acids is 3. The van der Waals surface area contributed by atoms with E-state index in [9.17, 15) is 28.4 Å². The Bertz CT molecular complexity index is 1460. The number of carbonyl (C=O) groups is 3. The molecular formula is C31H33F2N5O4. The smallest absolute Gasteiger partial charge is 0.337 e. The average Bonchev–Trinajstić information content (AvgIpc) is 3.46. The maximum absolute atomic E-state index is 14.2. The van der Waals surface area contributed by atoms with Gasteiger partial charge in [-0.3, -0.25) is 4.90 Å². The summed E-state index contributed by atoms with van der Waals surface area (Å²) >= 11 is 0. The van der Waals surface area contributed by atoms with Crippen LogP contribution in [-0.2, 0) is 9.53 Å². The maximum Gasteiger partial charge on any atom is 0.337 e. The van der Waals surface area contributed by atoms with Gasteiger partial charge in [-0.05, 0) is 74.3 Å². The number of hydrogen-bond donors (Lipinski definition) is 2. The van der Waals surface area contributed by atoms with E-state index in [1.807, 2.05) is 24.3 Å². The molecule has 0 spiro atoms. The Morgan fingerprint density at radius 3 is 2.50 bits per heavy atom. The molecular weight excluding hydrogens is 544 g/mol. The van der Waals surface area contributed by atoms with E-state index in [-0.39, 0.29) is 22.9 Å². The standard InChI is InChI=1S/C31H33F2N5O4/c1-18-27(29(39)42-2)28(20-9-12-25(32)26(33)15-20)38(30(40)35-18)31(41)36-22-13-14-37(17-22)23-10-7-19(8-11-23)24-6-4-3-5-21(24)16-34/h3-6,9,12,15,19,22-23,28H,7-8,10-11,13-14,17H2,1-2H3,(H,35,40)(H,36,41)/t19?,22-,23?,28+/m1/s1. The van der Waals surface area contributed by atoms with Crippen LogP contribution in [0.5, 0.6) is 0 Å². The van der Waals surface area contributed by atoms with E-state index >= 15 is 0 Å². The van der Waals surface area contributed by atoms with E-state index < -0.39 is 35.7 Å². The normalized spacial score (nSPS) is 24.6. The third-order valence-corrected chi connectivity index (χ3v) is 8.61. The number of amides is 4. The Morgan fingerprint density at radius 2 is 1.81 bits per heavy atom. The van der Waals surface area contributed by atoms with E-state index in [1.54, 1.807) is 0 Å². The predicted octanol–water partition coefficient (Wildman–Crippen LogP) is 4.86. The molecule has 2 aromatic carbocycles. The summed E-state index contributed by atoms with van der Waals surface area (Å²) in [5, 5.41) is 14.9. The van der Waals surface area contributed by atoms with Gasteiger partial charge in [-0.1, -0.05) is 24.3 Å². The second-order valence-electron chi connectivity index (χ2n) is 11.0. The Morgan fingerprint density at radius 1 is 1.07 bits per heavy atom. The topological polar surface area (TPSA) is 115 Å².